The third-order valence-electron chi connectivity index (χ3n) is 3.89. The van der Waals surface area contributed by atoms with Gasteiger partial charge in [0, 0.05) is 22.7 Å². The third kappa shape index (κ3) is 2.72. The van der Waals surface area contributed by atoms with Crippen molar-refractivity contribution in [2.45, 2.75) is 13.5 Å². The number of carbonyl (C=O) groups excluding carboxylic acids is 1. The molecule has 1 N–H and O–H groups in total. The zero-order valence-electron chi connectivity index (χ0n) is 13.4. The van der Waals surface area contributed by atoms with Gasteiger partial charge in [0.2, 0.25) is 5.28 Å². The van der Waals surface area contributed by atoms with E-state index in [-0.39, 0.29) is 17.8 Å². The maximum Gasteiger partial charge on any atom is 0.326 e. The second kappa shape index (κ2) is 6.18. The molecule has 1 aromatic carbocycles. The molecule has 0 saturated carbocycles. The fraction of sp³-hybridized carbons (Fsp3) is 0.176. The molecular weight excluding hydrogens is 342 g/mol. The lowest BCUT2D eigenvalue weighted by Crippen LogP contribution is -2.13. The number of rotatable bonds is 4. The highest BCUT2D eigenvalue weighted by Gasteiger charge is 2.18. The fourth-order valence-electron chi connectivity index (χ4n) is 2.83. The van der Waals surface area contributed by atoms with Gasteiger partial charge in [-0.05, 0) is 24.6 Å². The number of nitrogens with one attached hydrogen (secondary N) is 1. The highest BCUT2D eigenvalue weighted by atomic mass is 35.5. The van der Waals surface area contributed by atoms with Crippen molar-refractivity contribution < 1.29 is 9.53 Å². The Bertz CT molecular complexity index is 1090. The molecule has 3 heterocycles. The van der Waals surface area contributed by atoms with Gasteiger partial charge in [-0.15, -0.1) is 0 Å². The molecule has 0 amide bonds. The minimum atomic E-state index is -0.356. The van der Waals surface area contributed by atoms with Crippen LogP contribution in [0, 0.1) is 0 Å². The minimum Gasteiger partial charge on any atom is -0.465 e. The molecule has 25 heavy (non-hydrogen) atoms. The second-order valence-corrected chi connectivity index (χ2v) is 5.78. The van der Waals surface area contributed by atoms with E-state index in [1.165, 1.54) is 0 Å². The van der Waals surface area contributed by atoms with Gasteiger partial charge in [-0.3, -0.25) is 4.79 Å². The normalized spacial score (nSPS) is 11.3. The van der Waals surface area contributed by atoms with E-state index in [1.807, 2.05) is 30.5 Å². The van der Waals surface area contributed by atoms with E-state index < -0.39 is 0 Å². The number of hydrogen-bond acceptors (Lipinski definition) is 5. The monoisotopic (exact) mass is 355 g/mol. The second-order valence-electron chi connectivity index (χ2n) is 5.44. The van der Waals surface area contributed by atoms with Crippen molar-refractivity contribution in [1.82, 2.24) is 24.5 Å². The molecule has 8 heteroatoms. The number of fused-ring (bicyclic) bond motifs is 2. The van der Waals surface area contributed by atoms with E-state index in [9.17, 15) is 4.79 Å². The number of halogens is 1. The first-order chi connectivity index (χ1) is 12.2. The van der Waals surface area contributed by atoms with Crippen molar-refractivity contribution >= 4 is 39.6 Å². The van der Waals surface area contributed by atoms with Crippen LogP contribution in [0.1, 0.15) is 6.92 Å². The molecule has 0 saturated heterocycles. The summed E-state index contributed by atoms with van der Waals surface area (Å²) in [5.74, 6) is -0.356. The zero-order valence-corrected chi connectivity index (χ0v) is 14.1. The summed E-state index contributed by atoms with van der Waals surface area (Å²) in [5.41, 5.74) is 3.57. The van der Waals surface area contributed by atoms with Crippen LogP contribution in [-0.2, 0) is 16.1 Å². The molecular formula is C17H14ClN5O2. The average Bonchev–Trinajstić information content (AvgIpc) is 3.19. The van der Waals surface area contributed by atoms with Crippen molar-refractivity contribution in [3.63, 3.8) is 0 Å². The van der Waals surface area contributed by atoms with Gasteiger partial charge >= 0.3 is 5.97 Å². The van der Waals surface area contributed by atoms with E-state index in [4.69, 9.17) is 16.3 Å². The number of imidazole rings is 1. The van der Waals surface area contributed by atoms with E-state index in [0.717, 1.165) is 16.5 Å². The Labute approximate surface area is 147 Å². The first-order valence-corrected chi connectivity index (χ1v) is 8.15. The standard InChI is InChI=1S/C17H14ClN5O2/c1-2-25-13(24)8-23-9-20-15-14(21-17(18)22-16(15)23)11-7-19-12-6-4-3-5-10(11)12/h3-7,9,19H,2,8H2,1H3. The predicted octanol–water partition coefficient (Wildman–Crippen LogP) is 3.19. The molecule has 7 nitrogen and oxygen atoms in total. The van der Waals surface area contributed by atoms with Crippen molar-refractivity contribution in [3.05, 3.63) is 42.1 Å². The Morgan fingerprint density at radius 1 is 1.32 bits per heavy atom. The van der Waals surface area contributed by atoms with Gasteiger partial charge in [0.05, 0.1) is 12.9 Å². The van der Waals surface area contributed by atoms with Crippen LogP contribution in [0.25, 0.3) is 33.3 Å². The molecule has 3 aromatic heterocycles. The number of aromatic nitrogens is 5. The lowest BCUT2D eigenvalue weighted by Gasteiger charge is -2.05. The number of H-pyrrole nitrogens is 1. The van der Waals surface area contributed by atoms with E-state index >= 15 is 0 Å². The minimum absolute atomic E-state index is 0.0189. The van der Waals surface area contributed by atoms with Crippen LogP contribution in [0.5, 0.6) is 0 Å². The van der Waals surface area contributed by atoms with Gasteiger partial charge < -0.3 is 14.3 Å². The fourth-order valence-corrected chi connectivity index (χ4v) is 3.00. The van der Waals surface area contributed by atoms with E-state index in [2.05, 4.69) is 19.9 Å². The quantitative estimate of drug-likeness (QED) is 0.449. The van der Waals surface area contributed by atoms with E-state index in [0.29, 0.717) is 23.5 Å². The van der Waals surface area contributed by atoms with Crippen molar-refractivity contribution in [2.24, 2.45) is 0 Å². The van der Waals surface area contributed by atoms with Crippen molar-refractivity contribution in [3.8, 4) is 11.3 Å². The molecule has 0 fully saturated rings. The number of esters is 1. The summed E-state index contributed by atoms with van der Waals surface area (Å²) in [6.07, 6.45) is 3.41. The Morgan fingerprint density at radius 2 is 2.16 bits per heavy atom. The molecule has 0 radical (unpaired) electrons. The molecule has 0 bridgehead atoms. The van der Waals surface area contributed by atoms with Gasteiger partial charge in [-0.25, -0.2) is 9.97 Å². The highest BCUT2D eigenvalue weighted by Crippen LogP contribution is 2.32. The van der Waals surface area contributed by atoms with Gasteiger partial charge in [0.1, 0.15) is 17.8 Å². The average molecular weight is 356 g/mol. The SMILES string of the molecule is CCOC(=O)Cn1cnc2c(-c3c[nH]c4ccccc34)nc(Cl)nc21. The molecule has 0 aliphatic rings. The molecule has 4 rings (SSSR count). The smallest absolute Gasteiger partial charge is 0.326 e. The van der Waals surface area contributed by atoms with Crippen LogP contribution in [0.3, 0.4) is 0 Å². The maximum atomic E-state index is 11.8. The summed E-state index contributed by atoms with van der Waals surface area (Å²) in [6.45, 7) is 2.10. The number of carbonyl (C=O) groups is 1. The topological polar surface area (TPSA) is 85.7 Å². The molecule has 0 aliphatic heterocycles. The van der Waals surface area contributed by atoms with Crippen LogP contribution in [0.2, 0.25) is 5.28 Å². The Hall–Kier alpha value is -2.93. The summed E-state index contributed by atoms with van der Waals surface area (Å²) in [7, 11) is 0. The van der Waals surface area contributed by atoms with Crippen LogP contribution in [0.15, 0.2) is 36.8 Å². The molecule has 0 atom stereocenters. The summed E-state index contributed by atoms with van der Waals surface area (Å²) >= 11 is 6.13. The van der Waals surface area contributed by atoms with Crippen LogP contribution >= 0.6 is 11.6 Å². The lowest BCUT2D eigenvalue weighted by molar-refractivity contribution is -0.143. The van der Waals surface area contributed by atoms with Gasteiger partial charge in [0.25, 0.3) is 0 Å². The summed E-state index contributed by atoms with van der Waals surface area (Å²) in [5, 5.41) is 1.11. The number of hydrogen-bond donors (Lipinski definition) is 1. The number of aromatic amines is 1. The first kappa shape index (κ1) is 15.6. The molecule has 0 spiro atoms. The molecule has 0 unspecified atom stereocenters. The Balaban J connectivity index is 1.88. The van der Waals surface area contributed by atoms with Gasteiger partial charge in [0.15, 0.2) is 5.65 Å². The van der Waals surface area contributed by atoms with Gasteiger partial charge in [-0.1, -0.05) is 18.2 Å². The largest absolute Gasteiger partial charge is 0.465 e. The molecule has 0 aliphatic carbocycles. The zero-order chi connectivity index (χ0) is 17.4. The Kier molecular flexibility index (Phi) is 3.85. The van der Waals surface area contributed by atoms with Crippen LogP contribution in [0.4, 0.5) is 0 Å². The Morgan fingerprint density at radius 3 is 3.00 bits per heavy atom. The van der Waals surface area contributed by atoms with Gasteiger partial charge in [-0.2, -0.15) is 4.98 Å². The van der Waals surface area contributed by atoms with Crippen LogP contribution < -0.4 is 0 Å². The third-order valence-corrected chi connectivity index (χ3v) is 4.05. The predicted molar refractivity (Wildman–Crippen MR) is 94.3 cm³/mol. The maximum absolute atomic E-state index is 11.8. The summed E-state index contributed by atoms with van der Waals surface area (Å²) in [6, 6.07) is 7.90. The van der Waals surface area contributed by atoms with Crippen molar-refractivity contribution in [2.75, 3.05) is 6.61 Å². The molecule has 126 valence electrons. The highest BCUT2D eigenvalue weighted by molar-refractivity contribution is 6.28. The number of benzene rings is 1. The summed E-state index contributed by atoms with van der Waals surface area (Å²) in [4.78, 5) is 28.0. The number of nitrogens with zero attached hydrogens (tertiary/aromatic N) is 4. The first-order valence-electron chi connectivity index (χ1n) is 7.78. The lowest BCUT2D eigenvalue weighted by atomic mass is 10.1. The van der Waals surface area contributed by atoms with E-state index in [1.54, 1.807) is 17.8 Å². The van der Waals surface area contributed by atoms with Crippen molar-refractivity contribution in [1.29, 1.82) is 0 Å². The molecule has 4 aromatic rings. The van der Waals surface area contributed by atoms with Crippen LogP contribution in [-0.4, -0.2) is 37.1 Å². The summed E-state index contributed by atoms with van der Waals surface area (Å²) < 4.78 is 6.60. The number of para-hydroxylation sites is 1. The number of ether oxygens (including phenoxy) is 1.